The predicted molar refractivity (Wildman–Crippen MR) is 112 cm³/mol. The van der Waals surface area contributed by atoms with E-state index >= 15 is 4.39 Å². The summed E-state index contributed by atoms with van der Waals surface area (Å²) in [5.74, 6) is 0.431. The standard InChI is InChI=1S/C24H26F4N2O2/c25-23(16-29-21-14-20(21)18-4-2-1-3-5-18)10-12-30(13-11-23)22(31)32-15-17-6-8-19(9-7-17)24(26,27)28/h1-9,20-21,29H,10-16H2/t20-,21+/m0/s1. The summed E-state index contributed by atoms with van der Waals surface area (Å²) in [7, 11) is 0. The van der Waals surface area contributed by atoms with Crippen molar-refractivity contribution in [2.24, 2.45) is 0 Å². The Kier molecular flexibility index (Phi) is 6.42. The van der Waals surface area contributed by atoms with Crippen LogP contribution in [0.1, 0.15) is 41.9 Å². The number of hydrogen-bond acceptors (Lipinski definition) is 3. The third-order valence-corrected chi connectivity index (χ3v) is 6.26. The van der Waals surface area contributed by atoms with Crippen LogP contribution >= 0.6 is 0 Å². The molecule has 1 saturated carbocycles. The number of ether oxygens (including phenoxy) is 1. The number of likely N-dealkylation sites (tertiary alicyclic amines) is 1. The van der Waals surface area contributed by atoms with Gasteiger partial charge in [0.2, 0.25) is 0 Å². The molecular formula is C24H26F4N2O2. The highest BCUT2D eigenvalue weighted by Crippen LogP contribution is 2.41. The molecule has 1 aliphatic heterocycles. The van der Waals surface area contributed by atoms with E-state index in [-0.39, 0.29) is 45.1 Å². The van der Waals surface area contributed by atoms with Gasteiger partial charge in [-0.1, -0.05) is 42.5 Å². The van der Waals surface area contributed by atoms with Crippen LogP contribution in [0, 0.1) is 0 Å². The summed E-state index contributed by atoms with van der Waals surface area (Å²) >= 11 is 0. The van der Waals surface area contributed by atoms with Crippen molar-refractivity contribution >= 4 is 6.09 Å². The minimum absolute atomic E-state index is 0.127. The van der Waals surface area contributed by atoms with Gasteiger partial charge in [0, 0.05) is 44.4 Å². The van der Waals surface area contributed by atoms with E-state index in [0.717, 1.165) is 18.6 Å². The number of piperidine rings is 1. The molecule has 0 aromatic heterocycles. The van der Waals surface area contributed by atoms with Gasteiger partial charge in [-0.3, -0.25) is 0 Å². The van der Waals surface area contributed by atoms with Crippen LogP contribution in [0.15, 0.2) is 54.6 Å². The monoisotopic (exact) mass is 450 g/mol. The van der Waals surface area contributed by atoms with Gasteiger partial charge in [-0.05, 0) is 29.7 Å². The van der Waals surface area contributed by atoms with E-state index < -0.39 is 23.5 Å². The Bertz CT molecular complexity index is 910. The lowest BCUT2D eigenvalue weighted by Gasteiger charge is -2.36. The van der Waals surface area contributed by atoms with Crippen LogP contribution in [0.3, 0.4) is 0 Å². The van der Waals surface area contributed by atoms with Crippen molar-refractivity contribution < 1.29 is 27.1 Å². The van der Waals surface area contributed by atoms with Crippen molar-refractivity contribution in [3.05, 3.63) is 71.3 Å². The SMILES string of the molecule is O=C(OCc1ccc(C(F)(F)F)cc1)N1CCC(F)(CN[C@@H]2C[C@H]2c2ccccc2)CC1. The number of carbonyl (C=O) groups excluding carboxylic acids is 1. The topological polar surface area (TPSA) is 41.6 Å². The van der Waals surface area contributed by atoms with E-state index in [1.54, 1.807) is 0 Å². The maximum Gasteiger partial charge on any atom is 0.416 e. The number of nitrogens with one attached hydrogen (secondary N) is 1. The first-order chi connectivity index (χ1) is 15.2. The number of amides is 1. The number of carbonyl (C=O) groups is 1. The van der Waals surface area contributed by atoms with Gasteiger partial charge in [0.15, 0.2) is 0 Å². The number of alkyl halides is 4. The predicted octanol–water partition coefficient (Wildman–Crippen LogP) is 5.29. The first-order valence-electron chi connectivity index (χ1n) is 10.8. The molecule has 0 spiro atoms. The molecule has 2 atom stereocenters. The lowest BCUT2D eigenvalue weighted by molar-refractivity contribution is -0.137. The molecule has 4 nitrogen and oxygen atoms in total. The van der Waals surface area contributed by atoms with Crippen LogP contribution in [0.25, 0.3) is 0 Å². The van der Waals surface area contributed by atoms with Crippen LogP contribution in [0.2, 0.25) is 0 Å². The fourth-order valence-corrected chi connectivity index (χ4v) is 4.10. The van der Waals surface area contributed by atoms with Crippen LogP contribution in [0.4, 0.5) is 22.4 Å². The van der Waals surface area contributed by atoms with Gasteiger partial charge >= 0.3 is 12.3 Å². The van der Waals surface area contributed by atoms with Gasteiger partial charge in [-0.15, -0.1) is 0 Å². The first-order valence-corrected chi connectivity index (χ1v) is 10.8. The maximum atomic E-state index is 15.2. The second-order valence-electron chi connectivity index (χ2n) is 8.63. The molecule has 4 rings (SSSR count). The molecule has 1 saturated heterocycles. The molecule has 0 bridgehead atoms. The zero-order chi connectivity index (χ0) is 22.8. The molecular weight excluding hydrogens is 424 g/mol. The van der Waals surface area contributed by atoms with Crippen molar-refractivity contribution in [3.8, 4) is 0 Å². The van der Waals surface area contributed by atoms with Gasteiger partial charge in [0.25, 0.3) is 0 Å². The molecule has 0 unspecified atom stereocenters. The third kappa shape index (κ3) is 5.59. The van der Waals surface area contributed by atoms with E-state index in [1.165, 1.54) is 22.6 Å². The highest BCUT2D eigenvalue weighted by Gasteiger charge is 2.42. The van der Waals surface area contributed by atoms with E-state index in [1.807, 2.05) is 18.2 Å². The Morgan fingerprint density at radius 2 is 1.72 bits per heavy atom. The van der Waals surface area contributed by atoms with Gasteiger partial charge in [0.05, 0.1) is 5.56 Å². The summed E-state index contributed by atoms with van der Waals surface area (Å²) in [5, 5.41) is 3.33. The van der Waals surface area contributed by atoms with E-state index in [2.05, 4.69) is 17.4 Å². The van der Waals surface area contributed by atoms with E-state index in [4.69, 9.17) is 4.74 Å². The normalized spacial score (nSPS) is 22.4. The van der Waals surface area contributed by atoms with Gasteiger partial charge in [0.1, 0.15) is 12.3 Å². The Morgan fingerprint density at radius 3 is 2.34 bits per heavy atom. The van der Waals surface area contributed by atoms with Crippen LogP contribution in [-0.4, -0.2) is 42.3 Å². The van der Waals surface area contributed by atoms with Gasteiger partial charge in [-0.25, -0.2) is 9.18 Å². The molecule has 2 fully saturated rings. The molecule has 1 N–H and O–H groups in total. The molecule has 172 valence electrons. The van der Waals surface area contributed by atoms with Crippen molar-refractivity contribution in [2.45, 2.75) is 49.7 Å². The molecule has 8 heteroatoms. The van der Waals surface area contributed by atoms with Crippen LogP contribution < -0.4 is 5.32 Å². The Balaban J connectivity index is 1.18. The molecule has 2 aromatic carbocycles. The number of benzene rings is 2. The lowest BCUT2D eigenvalue weighted by Crippen LogP contribution is -2.49. The molecule has 32 heavy (non-hydrogen) atoms. The molecule has 0 radical (unpaired) electrons. The van der Waals surface area contributed by atoms with Gasteiger partial charge in [-0.2, -0.15) is 13.2 Å². The van der Waals surface area contributed by atoms with Crippen LogP contribution in [-0.2, 0) is 17.5 Å². The molecule has 1 heterocycles. The summed E-state index contributed by atoms with van der Waals surface area (Å²) in [6, 6.07) is 14.9. The van der Waals surface area contributed by atoms with Crippen LogP contribution in [0.5, 0.6) is 0 Å². The maximum absolute atomic E-state index is 15.2. The summed E-state index contributed by atoms with van der Waals surface area (Å²) in [5.41, 5.74) is -0.389. The fraction of sp³-hybridized carbons (Fsp3) is 0.458. The summed E-state index contributed by atoms with van der Waals surface area (Å²) < 4.78 is 58.2. The zero-order valence-corrected chi connectivity index (χ0v) is 17.6. The number of nitrogens with zero attached hydrogens (tertiary/aromatic N) is 1. The third-order valence-electron chi connectivity index (χ3n) is 6.26. The smallest absolute Gasteiger partial charge is 0.416 e. The van der Waals surface area contributed by atoms with Crippen molar-refractivity contribution in [1.82, 2.24) is 10.2 Å². The first kappa shape index (κ1) is 22.6. The Morgan fingerprint density at radius 1 is 1.06 bits per heavy atom. The zero-order valence-electron chi connectivity index (χ0n) is 17.6. The average molecular weight is 450 g/mol. The number of hydrogen-bond donors (Lipinski definition) is 1. The molecule has 2 aliphatic rings. The second kappa shape index (κ2) is 9.10. The number of halogens is 4. The average Bonchev–Trinajstić information content (AvgIpc) is 3.57. The van der Waals surface area contributed by atoms with Gasteiger partial charge < -0.3 is 15.0 Å². The minimum atomic E-state index is -4.40. The molecule has 1 amide bonds. The number of rotatable bonds is 6. The summed E-state index contributed by atoms with van der Waals surface area (Å²) in [4.78, 5) is 13.7. The summed E-state index contributed by atoms with van der Waals surface area (Å²) in [6.07, 6.45) is -3.54. The Hall–Kier alpha value is -2.61. The van der Waals surface area contributed by atoms with Crippen molar-refractivity contribution in [2.75, 3.05) is 19.6 Å². The molecule has 2 aromatic rings. The largest absolute Gasteiger partial charge is 0.445 e. The second-order valence-corrected chi connectivity index (χ2v) is 8.63. The lowest BCUT2D eigenvalue weighted by atomic mass is 9.93. The highest BCUT2D eigenvalue weighted by atomic mass is 19.4. The molecule has 1 aliphatic carbocycles. The minimum Gasteiger partial charge on any atom is -0.445 e. The quantitative estimate of drug-likeness (QED) is 0.608. The van der Waals surface area contributed by atoms with E-state index in [0.29, 0.717) is 11.5 Å². The summed E-state index contributed by atoms with van der Waals surface area (Å²) in [6.45, 7) is 0.626. The highest BCUT2D eigenvalue weighted by molar-refractivity contribution is 5.67. The Labute approximate surface area is 184 Å². The fourth-order valence-electron chi connectivity index (χ4n) is 4.10. The van der Waals surface area contributed by atoms with Crippen molar-refractivity contribution in [1.29, 1.82) is 0 Å². The van der Waals surface area contributed by atoms with E-state index in [9.17, 15) is 18.0 Å². The van der Waals surface area contributed by atoms with Crippen molar-refractivity contribution in [3.63, 3.8) is 0 Å².